The topological polar surface area (TPSA) is 47.3 Å². The molecule has 2 aliphatic rings. The van der Waals surface area contributed by atoms with Crippen molar-refractivity contribution in [2.24, 2.45) is 11.8 Å². The number of amidine groups is 1. The summed E-state index contributed by atoms with van der Waals surface area (Å²) in [5.41, 5.74) is 0. The second kappa shape index (κ2) is 3.66. The number of nitrogens with zero attached hydrogens (tertiary/aromatic N) is 1. The lowest BCUT2D eigenvalue weighted by atomic mass is 9.98. The van der Waals surface area contributed by atoms with Crippen molar-refractivity contribution in [1.29, 1.82) is 5.41 Å². The Hall–Kier alpha value is -0.570. The zero-order valence-electron chi connectivity index (χ0n) is 8.00. The molecule has 0 spiro atoms. The lowest BCUT2D eigenvalue weighted by Gasteiger charge is -2.33. The van der Waals surface area contributed by atoms with Gasteiger partial charge in [-0.25, -0.2) is 0 Å². The van der Waals surface area contributed by atoms with E-state index in [0.717, 1.165) is 31.8 Å². The van der Waals surface area contributed by atoms with Crippen LogP contribution in [0.25, 0.3) is 0 Å². The molecule has 1 saturated carbocycles. The third-order valence-corrected chi connectivity index (χ3v) is 3.08. The molecule has 74 valence electrons. The number of piperidine rings is 1. The second-order valence-corrected chi connectivity index (χ2v) is 4.30. The van der Waals surface area contributed by atoms with Crippen molar-refractivity contribution in [2.75, 3.05) is 19.7 Å². The number of hydrogen-bond donors (Lipinski definition) is 2. The van der Waals surface area contributed by atoms with Gasteiger partial charge in [-0.15, -0.1) is 0 Å². The molecule has 1 aliphatic carbocycles. The predicted octanol–water partition coefficient (Wildman–Crippen LogP) is 1.08. The Labute approximate surface area is 79.3 Å². The number of hydrogen-bond acceptors (Lipinski definition) is 2. The van der Waals surface area contributed by atoms with Gasteiger partial charge in [0, 0.05) is 25.6 Å². The average molecular weight is 182 g/mol. The Morgan fingerprint density at radius 2 is 2.15 bits per heavy atom. The molecule has 3 heteroatoms. The first-order valence-corrected chi connectivity index (χ1v) is 5.25. The number of aliphatic hydroxyl groups excluding tert-OH is 1. The van der Waals surface area contributed by atoms with E-state index in [1.54, 1.807) is 0 Å². The Balaban J connectivity index is 1.87. The van der Waals surface area contributed by atoms with Crippen molar-refractivity contribution in [3.63, 3.8) is 0 Å². The molecule has 2 N–H and O–H groups in total. The van der Waals surface area contributed by atoms with Crippen LogP contribution >= 0.6 is 0 Å². The highest BCUT2D eigenvalue weighted by Crippen LogP contribution is 2.32. The van der Waals surface area contributed by atoms with Crippen LogP contribution in [0.1, 0.15) is 25.7 Å². The maximum Gasteiger partial charge on any atom is 0.0989 e. The summed E-state index contributed by atoms with van der Waals surface area (Å²) < 4.78 is 0. The molecule has 0 amide bonds. The van der Waals surface area contributed by atoms with Gasteiger partial charge in [0.05, 0.1) is 5.84 Å². The van der Waals surface area contributed by atoms with Crippen LogP contribution in [0.2, 0.25) is 0 Å². The minimum Gasteiger partial charge on any atom is -0.396 e. The molecular weight excluding hydrogens is 164 g/mol. The minimum atomic E-state index is 0.286. The van der Waals surface area contributed by atoms with E-state index in [4.69, 9.17) is 10.5 Å². The molecule has 0 bridgehead atoms. The minimum absolute atomic E-state index is 0.286. The van der Waals surface area contributed by atoms with Gasteiger partial charge in [0.25, 0.3) is 0 Å². The first-order valence-electron chi connectivity index (χ1n) is 5.25. The fourth-order valence-electron chi connectivity index (χ4n) is 2.05. The number of aliphatic hydroxyl groups is 1. The molecule has 1 aliphatic heterocycles. The van der Waals surface area contributed by atoms with Gasteiger partial charge in [0.2, 0.25) is 0 Å². The second-order valence-electron chi connectivity index (χ2n) is 4.30. The Kier molecular flexibility index (Phi) is 2.54. The van der Waals surface area contributed by atoms with Crippen LogP contribution in [0, 0.1) is 17.2 Å². The monoisotopic (exact) mass is 182 g/mol. The highest BCUT2D eigenvalue weighted by atomic mass is 16.3. The van der Waals surface area contributed by atoms with Crippen LogP contribution < -0.4 is 0 Å². The zero-order valence-corrected chi connectivity index (χ0v) is 8.00. The Bertz CT molecular complexity index is 201. The number of rotatable bonds is 2. The molecule has 2 rings (SSSR count). The molecule has 1 heterocycles. The van der Waals surface area contributed by atoms with E-state index < -0.39 is 0 Å². The lowest BCUT2D eigenvalue weighted by Crippen LogP contribution is -2.41. The lowest BCUT2D eigenvalue weighted by molar-refractivity contribution is 0.158. The van der Waals surface area contributed by atoms with Crippen LogP contribution in [-0.2, 0) is 0 Å². The molecule has 3 nitrogen and oxygen atoms in total. The average Bonchev–Trinajstić information content (AvgIpc) is 3.00. The van der Waals surface area contributed by atoms with Crippen molar-refractivity contribution in [3.05, 3.63) is 0 Å². The van der Waals surface area contributed by atoms with Gasteiger partial charge >= 0.3 is 0 Å². The molecule has 0 aromatic heterocycles. The molecule has 1 saturated heterocycles. The summed E-state index contributed by atoms with van der Waals surface area (Å²) in [6.07, 6.45) is 4.68. The molecule has 13 heavy (non-hydrogen) atoms. The third kappa shape index (κ3) is 2.02. The largest absolute Gasteiger partial charge is 0.396 e. The zero-order chi connectivity index (χ0) is 9.26. The molecular formula is C10H18N2O. The van der Waals surface area contributed by atoms with Crippen molar-refractivity contribution >= 4 is 5.84 Å². The Morgan fingerprint density at radius 1 is 1.38 bits per heavy atom. The van der Waals surface area contributed by atoms with E-state index in [2.05, 4.69) is 4.90 Å². The van der Waals surface area contributed by atoms with E-state index in [-0.39, 0.29) is 6.61 Å². The summed E-state index contributed by atoms with van der Waals surface area (Å²) in [4.78, 5) is 2.17. The molecule has 0 radical (unpaired) electrons. The number of nitrogens with one attached hydrogen (secondary N) is 1. The van der Waals surface area contributed by atoms with Crippen LogP contribution in [-0.4, -0.2) is 35.5 Å². The van der Waals surface area contributed by atoms with E-state index in [1.165, 1.54) is 12.8 Å². The quantitative estimate of drug-likeness (QED) is 0.496. The van der Waals surface area contributed by atoms with E-state index >= 15 is 0 Å². The maximum atomic E-state index is 9.05. The van der Waals surface area contributed by atoms with Gasteiger partial charge in [-0.1, -0.05) is 0 Å². The highest BCUT2D eigenvalue weighted by Gasteiger charge is 2.32. The Morgan fingerprint density at radius 3 is 2.77 bits per heavy atom. The summed E-state index contributed by atoms with van der Waals surface area (Å²) in [6.45, 7) is 2.23. The summed E-state index contributed by atoms with van der Waals surface area (Å²) in [6, 6.07) is 0. The normalized spacial score (nSPS) is 29.0. The van der Waals surface area contributed by atoms with Crippen LogP contribution in [0.15, 0.2) is 0 Å². The van der Waals surface area contributed by atoms with Crippen LogP contribution in [0.5, 0.6) is 0 Å². The summed E-state index contributed by atoms with van der Waals surface area (Å²) in [5, 5.41) is 17.0. The molecule has 0 aromatic carbocycles. The van der Waals surface area contributed by atoms with Crippen molar-refractivity contribution in [3.8, 4) is 0 Å². The van der Waals surface area contributed by atoms with Crippen molar-refractivity contribution in [2.45, 2.75) is 25.7 Å². The van der Waals surface area contributed by atoms with E-state index in [9.17, 15) is 0 Å². The van der Waals surface area contributed by atoms with Crippen molar-refractivity contribution < 1.29 is 5.11 Å². The van der Waals surface area contributed by atoms with Gasteiger partial charge in [-0.2, -0.15) is 0 Å². The fraction of sp³-hybridized carbons (Fsp3) is 0.900. The van der Waals surface area contributed by atoms with Crippen LogP contribution in [0.4, 0.5) is 0 Å². The van der Waals surface area contributed by atoms with Gasteiger partial charge in [-0.3, -0.25) is 5.41 Å². The molecule has 2 fully saturated rings. The molecule has 1 unspecified atom stereocenters. The van der Waals surface area contributed by atoms with Crippen LogP contribution in [0.3, 0.4) is 0 Å². The summed E-state index contributed by atoms with van der Waals surface area (Å²) in [7, 11) is 0. The first kappa shape index (κ1) is 9.00. The van der Waals surface area contributed by atoms with E-state index in [0.29, 0.717) is 11.8 Å². The third-order valence-electron chi connectivity index (χ3n) is 3.08. The van der Waals surface area contributed by atoms with E-state index in [1.807, 2.05) is 0 Å². The summed E-state index contributed by atoms with van der Waals surface area (Å²) >= 11 is 0. The van der Waals surface area contributed by atoms with Crippen molar-refractivity contribution in [1.82, 2.24) is 4.90 Å². The molecule has 0 aromatic rings. The van der Waals surface area contributed by atoms with Gasteiger partial charge in [0.15, 0.2) is 0 Å². The van der Waals surface area contributed by atoms with Gasteiger partial charge in [-0.05, 0) is 31.6 Å². The standard InChI is InChI=1S/C10H18N2O/c11-10(9-3-4-9)12-5-1-2-8(6-12)7-13/h8-9,11,13H,1-7H2. The fourth-order valence-corrected chi connectivity index (χ4v) is 2.05. The molecule has 1 atom stereocenters. The van der Waals surface area contributed by atoms with Gasteiger partial charge in [0.1, 0.15) is 0 Å². The summed E-state index contributed by atoms with van der Waals surface area (Å²) in [5.74, 6) is 1.79. The highest BCUT2D eigenvalue weighted by molar-refractivity contribution is 5.83. The maximum absolute atomic E-state index is 9.05. The SMILES string of the molecule is N=C(C1CC1)N1CCCC(CO)C1. The smallest absolute Gasteiger partial charge is 0.0989 e. The number of likely N-dealkylation sites (tertiary alicyclic amines) is 1. The van der Waals surface area contributed by atoms with Gasteiger partial charge < -0.3 is 10.0 Å². The first-order chi connectivity index (χ1) is 6.31. The predicted molar refractivity (Wildman–Crippen MR) is 51.8 cm³/mol.